The number of nitrogens with zero attached hydrogens (tertiary/aromatic N) is 2. The third-order valence-corrected chi connectivity index (χ3v) is 3.43. The molecule has 0 saturated heterocycles. The Labute approximate surface area is 112 Å². The maximum Gasteiger partial charge on any atom is 0.126 e. The van der Waals surface area contributed by atoms with Gasteiger partial charge in [-0.1, -0.05) is 0 Å². The SMILES string of the molecule is Cc1nc(C)c(N)c(-c2ccc3c(c2)CCCO3)n1. The average Bonchev–Trinajstić information content (AvgIpc) is 2.42. The van der Waals surface area contributed by atoms with E-state index in [0.29, 0.717) is 5.69 Å². The van der Waals surface area contributed by atoms with Gasteiger partial charge in [-0.15, -0.1) is 0 Å². The second-order valence-corrected chi connectivity index (χ2v) is 4.89. The van der Waals surface area contributed by atoms with E-state index >= 15 is 0 Å². The molecule has 0 radical (unpaired) electrons. The van der Waals surface area contributed by atoms with Crippen LogP contribution in [0.4, 0.5) is 5.69 Å². The van der Waals surface area contributed by atoms with E-state index in [4.69, 9.17) is 10.5 Å². The Balaban J connectivity index is 2.12. The van der Waals surface area contributed by atoms with Gasteiger partial charge in [-0.3, -0.25) is 0 Å². The predicted molar refractivity (Wildman–Crippen MR) is 75.2 cm³/mol. The molecule has 98 valence electrons. The van der Waals surface area contributed by atoms with E-state index in [1.807, 2.05) is 26.0 Å². The fraction of sp³-hybridized carbons (Fsp3) is 0.333. The Kier molecular flexibility index (Phi) is 2.85. The van der Waals surface area contributed by atoms with Crippen LogP contribution in [0.1, 0.15) is 23.5 Å². The smallest absolute Gasteiger partial charge is 0.126 e. The number of ether oxygens (including phenoxy) is 1. The second kappa shape index (κ2) is 4.53. The molecule has 4 nitrogen and oxygen atoms in total. The summed E-state index contributed by atoms with van der Waals surface area (Å²) < 4.78 is 5.63. The number of aryl methyl sites for hydroxylation is 3. The van der Waals surface area contributed by atoms with E-state index in [1.54, 1.807) is 0 Å². The van der Waals surface area contributed by atoms with Crippen molar-refractivity contribution in [2.75, 3.05) is 12.3 Å². The van der Waals surface area contributed by atoms with Crippen LogP contribution < -0.4 is 10.5 Å². The fourth-order valence-corrected chi connectivity index (χ4v) is 2.45. The molecule has 1 aromatic carbocycles. The summed E-state index contributed by atoms with van der Waals surface area (Å²) >= 11 is 0. The molecule has 3 rings (SSSR count). The van der Waals surface area contributed by atoms with Crippen molar-refractivity contribution >= 4 is 5.69 Å². The molecule has 2 heterocycles. The van der Waals surface area contributed by atoms with E-state index in [0.717, 1.165) is 48.0 Å². The van der Waals surface area contributed by atoms with Gasteiger partial charge in [-0.25, -0.2) is 9.97 Å². The molecule has 1 aliphatic heterocycles. The monoisotopic (exact) mass is 255 g/mol. The zero-order valence-corrected chi connectivity index (χ0v) is 11.2. The molecule has 0 atom stereocenters. The molecule has 0 saturated carbocycles. The lowest BCUT2D eigenvalue weighted by Gasteiger charge is -2.18. The number of rotatable bonds is 1. The molecule has 1 aromatic heterocycles. The zero-order chi connectivity index (χ0) is 13.4. The highest BCUT2D eigenvalue weighted by atomic mass is 16.5. The first-order valence-electron chi connectivity index (χ1n) is 6.52. The van der Waals surface area contributed by atoms with E-state index in [-0.39, 0.29) is 0 Å². The number of fused-ring (bicyclic) bond motifs is 1. The molecule has 2 N–H and O–H groups in total. The van der Waals surface area contributed by atoms with E-state index < -0.39 is 0 Å². The van der Waals surface area contributed by atoms with Crippen LogP contribution in [-0.4, -0.2) is 16.6 Å². The van der Waals surface area contributed by atoms with Gasteiger partial charge in [0.25, 0.3) is 0 Å². The summed E-state index contributed by atoms with van der Waals surface area (Å²) in [5, 5.41) is 0. The van der Waals surface area contributed by atoms with Crippen molar-refractivity contribution in [3.63, 3.8) is 0 Å². The van der Waals surface area contributed by atoms with Crippen molar-refractivity contribution in [3.8, 4) is 17.0 Å². The van der Waals surface area contributed by atoms with E-state index in [9.17, 15) is 0 Å². The maximum atomic E-state index is 6.10. The normalized spacial score (nSPS) is 13.8. The molecular weight excluding hydrogens is 238 g/mol. The Bertz CT molecular complexity index is 638. The molecule has 0 aliphatic carbocycles. The Morgan fingerprint density at radius 3 is 2.89 bits per heavy atom. The van der Waals surface area contributed by atoms with Gasteiger partial charge in [0.1, 0.15) is 11.6 Å². The van der Waals surface area contributed by atoms with Crippen LogP contribution in [0.25, 0.3) is 11.3 Å². The van der Waals surface area contributed by atoms with Gasteiger partial charge < -0.3 is 10.5 Å². The largest absolute Gasteiger partial charge is 0.493 e. The summed E-state index contributed by atoms with van der Waals surface area (Å²) in [5.74, 6) is 1.73. The lowest BCUT2D eigenvalue weighted by molar-refractivity contribution is 0.288. The summed E-state index contributed by atoms with van der Waals surface area (Å²) in [4.78, 5) is 8.76. The standard InChI is InChI=1S/C15H17N3O/c1-9-14(16)15(18-10(2)17-9)12-5-6-13-11(8-12)4-3-7-19-13/h5-6,8H,3-4,7,16H2,1-2H3. The number of nitrogens with two attached hydrogens (primary N) is 1. The minimum Gasteiger partial charge on any atom is -0.493 e. The quantitative estimate of drug-likeness (QED) is 0.851. The van der Waals surface area contributed by atoms with E-state index in [2.05, 4.69) is 16.0 Å². The highest BCUT2D eigenvalue weighted by Gasteiger charge is 2.14. The summed E-state index contributed by atoms with van der Waals surface area (Å²) in [7, 11) is 0. The van der Waals surface area contributed by atoms with Gasteiger partial charge in [0.15, 0.2) is 0 Å². The molecule has 1 aliphatic rings. The first-order chi connectivity index (χ1) is 9.15. The Morgan fingerprint density at radius 1 is 1.21 bits per heavy atom. The summed E-state index contributed by atoms with van der Waals surface area (Å²) in [6.07, 6.45) is 2.11. The number of aromatic nitrogens is 2. The van der Waals surface area contributed by atoms with Crippen molar-refractivity contribution in [1.82, 2.24) is 9.97 Å². The molecule has 0 spiro atoms. The third-order valence-electron chi connectivity index (χ3n) is 3.43. The molecule has 0 unspecified atom stereocenters. The van der Waals surface area contributed by atoms with Crippen molar-refractivity contribution < 1.29 is 4.74 Å². The molecular formula is C15H17N3O. The van der Waals surface area contributed by atoms with Gasteiger partial charge in [0.2, 0.25) is 0 Å². The molecule has 0 fully saturated rings. The number of anilines is 1. The van der Waals surface area contributed by atoms with Gasteiger partial charge in [0.05, 0.1) is 23.7 Å². The Morgan fingerprint density at radius 2 is 2.05 bits per heavy atom. The summed E-state index contributed by atoms with van der Waals surface area (Å²) in [6, 6.07) is 6.16. The maximum absolute atomic E-state index is 6.10. The van der Waals surface area contributed by atoms with Gasteiger partial charge in [-0.2, -0.15) is 0 Å². The molecule has 0 bridgehead atoms. The van der Waals surface area contributed by atoms with Gasteiger partial charge >= 0.3 is 0 Å². The van der Waals surface area contributed by atoms with Crippen molar-refractivity contribution in [1.29, 1.82) is 0 Å². The minimum absolute atomic E-state index is 0.655. The average molecular weight is 255 g/mol. The van der Waals surface area contributed by atoms with Crippen LogP contribution >= 0.6 is 0 Å². The number of hydrogen-bond donors (Lipinski definition) is 1. The molecule has 4 heteroatoms. The first-order valence-corrected chi connectivity index (χ1v) is 6.52. The molecule has 0 amide bonds. The minimum atomic E-state index is 0.655. The highest BCUT2D eigenvalue weighted by Crippen LogP contribution is 2.32. The lowest BCUT2D eigenvalue weighted by atomic mass is 10.0. The Hall–Kier alpha value is -2.10. The van der Waals surface area contributed by atoms with Crippen molar-refractivity contribution in [2.24, 2.45) is 0 Å². The van der Waals surface area contributed by atoms with Crippen LogP contribution in [-0.2, 0) is 6.42 Å². The highest BCUT2D eigenvalue weighted by molar-refractivity contribution is 5.75. The first kappa shape index (κ1) is 12.0. The lowest BCUT2D eigenvalue weighted by Crippen LogP contribution is -2.08. The van der Waals surface area contributed by atoms with Crippen LogP contribution in [0.2, 0.25) is 0 Å². The zero-order valence-electron chi connectivity index (χ0n) is 11.2. The number of hydrogen-bond acceptors (Lipinski definition) is 4. The number of nitrogen functional groups attached to an aromatic ring is 1. The summed E-state index contributed by atoms with van der Waals surface area (Å²) in [5.41, 5.74) is 10.7. The van der Waals surface area contributed by atoms with Gasteiger partial charge in [-0.05, 0) is 50.5 Å². The topological polar surface area (TPSA) is 61.0 Å². The third kappa shape index (κ3) is 2.14. The van der Waals surface area contributed by atoms with Crippen molar-refractivity contribution in [3.05, 3.63) is 35.3 Å². The number of benzene rings is 1. The fourth-order valence-electron chi connectivity index (χ4n) is 2.45. The molecule has 19 heavy (non-hydrogen) atoms. The van der Waals surface area contributed by atoms with Crippen molar-refractivity contribution in [2.45, 2.75) is 26.7 Å². The van der Waals surface area contributed by atoms with Crippen LogP contribution in [0.5, 0.6) is 5.75 Å². The molecule has 2 aromatic rings. The van der Waals surface area contributed by atoms with Crippen LogP contribution in [0, 0.1) is 13.8 Å². The van der Waals surface area contributed by atoms with Gasteiger partial charge in [0, 0.05) is 5.56 Å². The van der Waals surface area contributed by atoms with Crippen LogP contribution in [0.15, 0.2) is 18.2 Å². The van der Waals surface area contributed by atoms with E-state index in [1.165, 1.54) is 5.56 Å². The predicted octanol–water partition coefficient (Wildman–Crippen LogP) is 2.67. The summed E-state index contributed by atoms with van der Waals surface area (Å²) in [6.45, 7) is 4.60. The van der Waals surface area contributed by atoms with Crippen LogP contribution in [0.3, 0.4) is 0 Å². The second-order valence-electron chi connectivity index (χ2n) is 4.89.